The SMILES string of the molecule is CNCc1cc(NC(=O)CCCc2ccc(C(Nc3ccc4c(c3)C(=O)NC4)C(=O)O)cc2)ccc1S(=O)(=O)C(C)C. The molecule has 42 heavy (non-hydrogen) atoms. The van der Waals surface area contributed by atoms with Gasteiger partial charge in [0.1, 0.15) is 0 Å². The van der Waals surface area contributed by atoms with Crippen molar-refractivity contribution in [1.29, 1.82) is 0 Å². The highest BCUT2D eigenvalue weighted by molar-refractivity contribution is 7.92. The fraction of sp³-hybridized carbons (Fsp3) is 0.323. The number of aliphatic carboxylic acids is 1. The van der Waals surface area contributed by atoms with Gasteiger partial charge >= 0.3 is 5.97 Å². The quantitative estimate of drug-likeness (QED) is 0.199. The van der Waals surface area contributed by atoms with E-state index in [1.165, 1.54) is 0 Å². The predicted molar refractivity (Wildman–Crippen MR) is 161 cm³/mol. The van der Waals surface area contributed by atoms with Gasteiger partial charge in [-0.3, -0.25) is 9.59 Å². The Morgan fingerprint density at radius 1 is 1.00 bits per heavy atom. The second-order valence-electron chi connectivity index (χ2n) is 10.6. The van der Waals surface area contributed by atoms with Gasteiger partial charge in [0, 0.05) is 36.4 Å². The summed E-state index contributed by atoms with van der Waals surface area (Å²) in [6, 6.07) is 16.3. The van der Waals surface area contributed by atoms with E-state index < -0.39 is 27.1 Å². The van der Waals surface area contributed by atoms with Crippen LogP contribution in [0.1, 0.15) is 65.3 Å². The zero-order valence-corrected chi connectivity index (χ0v) is 24.7. The number of rotatable bonds is 13. The van der Waals surface area contributed by atoms with Gasteiger partial charge in [-0.15, -0.1) is 0 Å². The lowest BCUT2D eigenvalue weighted by Crippen LogP contribution is -2.20. The normalized spacial score (nSPS) is 13.4. The molecule has 1 aliphatic heterocycles. The first-order valence-electron chi connectivity index (χ1n) is 13.8. The lowest BCUT2D eigenvalue weighted by atomic mass is 10.0. The lowest BCUT2D eigenvalue weighted by Gasteiger charge is -2.17. The number of hydrogen-bond acceptors (Lipinski definition) is 7. The van der Waals surface area contributed by atoms with E-state index in [9.17, 15) is 27.9 Å². The van der Waals surface area contributed by atoms with E-state index in [1.54, 1.807) is 69.4 Å². The van der Waals surface area contributed by atoms with E-state index in [-0.39, 0.29) is 23.1 Å². The molecule has 1 heterocycles. The highest BCUT2D eigenvalue weighted by Crippen LogP contribution is 2.26. The molecule has 2 amide bonds. The number of amides is 2. The van der Waals surface area contributed by atoms with Crippen molar-refractivity contribution < 1.29 is 27.9 Å². The van der Waals surface area contributed by atoms with Gasteiger partial charge in [0.15, 0.2) is 15.9 Å². The molecule has 1 aliphatic rings. The zero-order valence-electron chi connectivity index (χ0n) is 23.9. The van der Waals surface area contributed by atoms with Gasteiger partial charge in [-0.05, 0) is 86.3 Å². The number of hydrogen-bond donors (Lipinski definition) is 5. The molecule has 0 spiro atoms. The smallest absolute Gasteiger partial charge is 0.330 e. The Morgan fingerprint density at radius 2 is 1.71 bits per heavy atom. The highest BCUT2D eigenvalue weighted by atomic mass is 32.2. The van der Waals surface area contributed by atoms with Gasteiger partial charge in [-0.25, -0.2) is 13.2 Å². The van der Waals surface area contributed by atoms with Crippen molar-refractivity contribution >= 4 is 39.0 Å². The molecule has 0 radical (unpaired) electrons. The second kappa shape index (κ2) is 13.2. The molecular formula is C31H36N4O6S. The fourth-order valence-corrected chi connectivity index (χ4v) is 6.09. The van der Waals surface area contributed by atoms with E-state index in [0.717, 1.165) is 11.1 Å². The monoisotopic (exact) mass is 592 g/mol. The molecule has 11 heteroatoms. The minimum absolute atomic E-state index is 0.174. The number of benzene rings is 3. The van der Waals surface area contributed by atoms with Crippen molar-refractivity contribution in [3.8, 4) is 0 Å². The first kappa shape index (κ1) is 30.7. The molecule has 0 aliphatic carbocycles. The summed E-state index contributed by atoms with van der Waals surface area (Å²) in [7, 11) is -1.72. The summed E-state index contributed by atoms with van der Waals surface area (Å²) in [5.41, 5.74) is 4.62. The first-order chi connectivity index (χ1) is 20.0. The van der Waals surface area contributed by atoms with E-state index in [0.29, 0.717) is 54.0 Å². The molecule has 3 aromatic rings. The maximum absolute atomic E-state index is 12.7. The second-order valence-corrected chi connectivity index (χ2v) is 13.0. The number of carbonyl (C=O) groups is 3. The van der Waals surface area contributed by atoms with Gasteiger partial charge in [0.05, 0.1) is 10.1 Å². The Bertz CT molecular complexity index is 1590. The first-order valence-corrected chi connectivity index (χ1v) is 15.3. The molecule has 1 unspecified atom stereocenters. The van der Waals surface area contributed by atoms with Crippen LogP contribution in [0.2, 0.25) is 0 Å². The molecule has 10 nitrogen and oxygen atoms in total. The summed E-state index contributed by atoms with van der Waals surface area (Å²) in [6.07, 6.45) is 1.46. The molecule has 3 aromatic carbocycles. The highest BCUT2D eigenvalue weighted by Gasteiger charge is 2.24. The Balaban J connectivity index is 1.33. The minimum Gasteiger partial charge on any atom is -0.479 e. The van der Waals surface area contributed by atoms with Crippen LogP contribution in [0.5, 0.6) is 0 Å². The van der Waals surface area contributed by atoms with Gasteiger partial charge in [0.25, 0.3) is 5.91 Å². The lowest BCUT2D eigenvalue weighted by molar-refractivity contribution is -0.138. The van der Waals surface area contributed by atoms with Crippen LogP contribution in [0.4, 0.5) is 11.4 Å². The topological polar surface area (TPSA) is 154 Å². The van der Waals surface area contributed by atoms with Crippen LogP contribution in [0, 0.1) is 0 Å². The van der Waals surface area contributed by atoms with Crippen molar-refractivity contribution in [3.05, 3.63) is 88.5 Å². The Labute approximate surface area is 245 Å². The summed E-state index contributed by atoms with van der Waals surface area (Å²) >= 11 is 0. The van der Waals surface area contributed by atoms with E-state index >= 15 is 0 Å². The molecule has 5 N–H and O–H groups in total. The van der Waals surface area contributed by atoms with Crippen molar-refractivity contribution in [1.82, 2.24) is 10.6 Å². The van der Waals surface area contributed by atoms with Crippen molar-refractivity contribution in [3.63, 3.8) is 0 Å². The van der Waals surface area contributed by atoms with Crippen LogP contribution in [0.3, 0.4) is 0 Å². The third kappa shape index (κ3) is 7.15. The van der Waals surface area contributed by atoms with Crippen LogP contribution < -0.4 is 21.3 Å². The van der Waals surface area contributed by atoms with Crippen LogP contribution in [-0.4, -0.2) is 43.6 Å². The fourth-order valence-electron chi connectivity index (χ4n) is 4.83. The molecule has 4 rings (SSSR count). The molecule has 222 valence electrons. The van der Waals surface area contributed by atoms with Crippen molar-refractivity contribution in [2.24, 2.45) is 0 Å². The molecular weight excluding hydrogens is 556 g/mol. The number of carbonyl (C=O) groups excluding carboxylic acids is 2. The van der Waals surface area contributed by atoms with Gasteiger partial charge in [-0.2, -0.15) is 0 Å². The summed E-state index contributed by atoms with van der Waals surface area (Å²) in [5, 5.41) is 20.9. The molecule has 1 atom stereocenters. The molecule has 0 saturated heterocycles. The number of anilines is 2. The molecule has 0 fully saturated rings. The largest absolute Gasteiger partial charge is 0.479 e. The third-order valence-corrected chi connectivity index (χ3v) is 9.43. The number of aryl methyl sites for hydroxylation is 1. The number of carboxylic acids is 1. The maximum atomic E-state index is 12.7. The van der Waals surface area contributed by atoms with Gasteiger partial charge < -0.3 is 26.4 Å². The standard InChI is InChI=1S/C31H36N4O6S/c1-19(2)42(40,41)27-14-13-24(15-23(27)17-32-3)34-28(36)6-4-5-20-7-9-21(10-8-20)29(31(38)39)35-25-12-11-22-18-33-30(37)26(22)16-25/h7-16,19,29,32,35H,4-6,17-18H2,1-3H3,(H,33,37)(H,34,36)(H,38,39). The summed E-state index contributed by atoms with van der Waals surface area (Å²) in [6.45, 7) is 4.10. The Morgan fingerprint density at radius 3 is 2.38 bits per heavy atom. The average Bonchev–Trinajstić information content (AvgIpc) is 3.32. The summed E-state index contributed by atoms with van der Waals surface area (Å²) in [5.74, 6) is -1.40. The van der Waals surface area contributed by atoms with Crippen LogP contribution >= 0.6 is 0 Å². The van der Waals surface area contributed by atoms with Crippen LogP contribution in [0.15, 0.2) is 65.6 Å². The van der Waals surface area contributed by atoms with Crippen LogP contribution in [0.25, 0.3) is 0 Å². The zero-order chi connectivity index (χ0) is 30.4. The molecule has 0 bridgehead atoms. The van der Waals surface area contributed by atoms with Gasteiger partial charge in [0.2, 0.25) is 5.91 Å². The van der Waals surface area contributed by atoms with E-state index in [1.807, 2.05) is 12.1 Å². The number of nitrogens with one attached hydrogen (secondary N) is 4. The Kier molecular flexibility index (Phi) is 9.64. The summed E-state index contributed by atoms with van der Waals surface area (Å²) < 4.78 is 25.4. The van der Waals surface area contributed by atoms with E-state index in [4.69, 9.17) is 0 Å². The number of fused-ring (bicyclic) bond motifs is 1. The Hall–Kier alpha value is -4.22. The summed E-state index contributed by atoms with van der Waals surface area (Å²) in [4.78, 5) is 36.8. The third-order valence-electron chi connectivity index (χ3n) is 7.17. The van der Waals surface area contributed by atoms with Crippen molar-refractivity contribution in [2.75, 3.05) is 17.7 Å². The number of carboxylic acid groups (broad SMARTS) is 1. The van der Waals surface area contributed by atoms with Crippen LogP contribution in [-0.2, 0) is 38.9 Å². The molecule has 0 aromatic heterocycles. The minimum atomic E-state index is -3.46. The van der Waals surface area contributed by atoms with Crippen molar-refractivity contribution in [2.45, 2.75) is 62.4 Å². The predicted octanol–water partition coefficient (Wildman–Crippen LogP) is 4.03. The number of sulfone groups is 1. The molecule has 0 saturated carbocycles. The average molecular weight is 593 g/mol. The van der Waals surface area contributed by atoms with E-state index in [2.05, 4.69) is 21.3 Å². The van der Waals surface area contributed by atoms with Gasteiger partial charge in [-0.1, -0.05) is 30.3 Å². The maximum Gasteiger partial charge on any atom is 0.330 e.